The van der Waals surface area contributed by atoms with Crippen LogP contribution in [0.1, 0.15) is 29.1 Å². The maximum atomic E-state index is 11.7. The van der Waals surface area contributed by atoms with Crippen molar-refractivity contribution in [1.29, 1.82) is 0 Å². The highest BCUT2D eigenvalue weighted by Crippen LogP contribution is 2.26. The number of methoxy groups -OCH3 is 1. The molecule has 8 heteroatoms. The van der Waals surface area contributed by atoms with Crippen molar-refractivity contribution in [2.24, 2.45) is 0 Å². The minimum atomic E-state index is -0.395. The summed E-state index contributed by atoms with van der Waals surface area (Å²) in [6.07, 6.45) is 0. The van der Waals surface area contributed by atoms with E-state index in [1.54, 1.807) is 12.1 Å². The van der Waals surface area contributed by atoms with Crippen LogP contribution in [-0.4, -0.2) is 48.4 Å². The zero-order chi connectivity index (χ0) is 17.1. The van der Waals surface area contributed by atoms with E-state index >= 15 is 0 Å². The van der Waals surface area contributed by atoms with E-state index in [0.717, 1.165) is 11.3 Å². The van der Waals surface area contributed by atoms with Gasteiger partial charge >= 0.3 is 12.0 Å². The highest BCUT2D eigenvalue weighted by Gasteiger charge is 2.25. The normalized spacial score (nSPS) is 16.5. The summed E-state index contributed by atoms with van der Waals surface area (Å²) in [5, 5.41) is 5.53. The SMILES string of the molecule is CCNC(=O)NC[C@H]1COCc2nc3cc(C(=O)OC)ccc3n21. The maximum absolute atomic E-state index is 11.7. The van der Waals surface area contributed by atoms with Crippen LogP contribution in [0.4, 0.5) is 4.79 Å². The van der Waals surface area contributed by atoms with Crippen molar-refractivity contribution in [1.82, 2.24) is 20.2 Å². The molecule has 0 unspecified atom stereocenters. The van der Waals surface area contributed by atoms with Crippen LogP contribution in [-0.2, 0) is 16.1 Å². The van der Waals surface area contributed by atoms with Crippen molar-refractivity contribution in [3.05, 3.63) is 29.6 Å². The highest BCUT2D eigenvalue weighted by atomic mass is 16.5. The van der Waals surface area contributed by atoms with Gasteiger partial charge in [0.2, 0.25) is 0 Å². The first-order valence-electron chi connectivity index (χ1n) is 7.82. The summed E-state index contributed by atoms with van der Waals surface area (Å²) < 4.78 is 12.4. The van der Waals surface area contributed by atoms with E-state index in [1.807, 2.05) is 13.0 Å². The molecule has 0 fully saturated rings. The lowest BCUT2D eigenvalue weighted by atomic mass is 10.2. The molecular formula is C16H20N4O4. The number of benzene rings is 1. The number of rotatable bonds is 4. The molecule has 0 radical (unpaired) electrons. The Kier molecular flexibility index (Phi) is 4.66. The van der Waals surface area contributed by atoms with Gasteiger partial charge in [-0.2, -0.15) is 0 Å². The zero-order valence-electron chi connectivity index (χ0n) is 13.7. The van der Waals surface area contributed by atoms with Crippen LogP contribution in [0.25, 0.3) is 11.0 Å². The van der Waals surface area contributed by atoms with Gasteiger partial charge in [0.25, 0.3) is 0 Å². The Morgan fingerprint density at radius 3 is 3.00 bits per heavy atom. The molecule has 0 aliphatic carbocycles. The van der Waals surface area contributed by atoms with Gasteiger partial charge in [0.1, 0.15) is 12.4 Å². The predicted octanol–water partition coefficient (Wildman–Crippen LogP) is 1.21. The third-order valence-electron chi connectivity index (χ3n) is 3.93. The minimum Gasteiger partial charge on any atom is -0.465 e. The summed E-state index contributed by atoms with van der Waals surface area (Å²) >= 11 is 0. The van der Waals surface area contributed by atoms with E-state index in [4.69, 9.17) is 9.47 Å². The lowest BCUT2D eigenvalue weighted by molar-refractivity contribution is 0.0572. The molecule has 2 N–H and O–H groups in total. The molecule has 1 aromatic carbocycles. The lowest BCUT2D eigenvalue weighted by Gasteiger charge is -2.26. The molecule has 1 aliphatic rings. The van der Waals surface area contributed by atoms with Crippen molar-refractivity contribution in [2.75, 3.05) is 26.8 Å². The van der Waals surface area contributed by atoms with Gasteiger partial charge in [0.05, 0.1) is 36.4 Å². The molecule has 0 spiro atoms. The molecule has 1 atom stereocenters. The molecule has 8 nitrogen and oxygen atoms in total. The Hall–Kier alpha value is -2.61. The van der Waals surface area contributed by atoms with Gasteiger partial charge in [-0.1, -0.05) is 0 Å². The van der Waals surface area contributed by atoms with Crippen molar-refractivity contribution in [2.45, 2.75) is 19.6 Å². The Balaban J connectivity index is 1.88. The van der Waals surface area contributed by atoms with Crippen LogP contribution in [0.15, 0.2) is 18.2 Å². The quantitative estimate of drug-likeness (QED) is 0.821. The van der Waals surface area contributed by atoms with Crippen LogP contribution in [0.5, 0.6) is 0 Å². The molecule has 0 saturated carbocycles. The Labute approximate surface area is 139 Å². The number of carbonyl (C=O) groups is 2. The first-order valence-corrected chi connectivity index (χ1v) is 7.82. The monoisotopic (exact) mass is 332 g/mol. The van der Waals surface area contributed by atoms with Crippen LogP contribution in [0.2, 0.25) is 0 Å². The number of carbonyl (C=O) groups excluding carboxylic acids is 2. The largest absolute Gasteiger partial charge is 0.465 e. The Morgan fingerprint density at radius 1 is 1.42 bits per heavy atom. The van der Waals surface area contributed by atoms with E-state index < -0.39 is 5.97 Å². The van der Waals surface area contributed by atoms with Crippen molar-refractivity contribution in [3.8, 4) is 0 Å². The number of ether oxygens (including phenoxy) is 2. The summed E-state index contributed by atoms with van der Waals surface area (Å²) in [7, 11) is 1.35. The van der Waals surface area contributed by atoms with Gasteiger partial charge in [-0.25, -0.2) is 14.6 Å². The molecule has 1 aromatic heterocycles. The number of amides is 2. The molecule has 0 saturated heterocycles. The molecule has 0 bridgehead atoms. The fourth-order valence-electron chi connectivity index (χ4n) is 2.85. The van der Waals surface area contributed by atoms with Gasteiger partial charge in [0.15, 0.2) is 0 Å². The molecule has 1 aliphatic heterocycles. The van der Waals surface area contributed by atoms with Crippen molar-refractivity contribution in [3.63, 3.8) is 0 Å². The molecule has 2 aromatic rings. The third kappa shape index (κ3) is 3.05. The minimum absolute atomic E-state index is 0.0506. The number of imidazole rings is 1. The zero-order valence-corrected chi connectivity index (χ0v) is 13.7. The standard InChI is InChI=1S/C16H20N4O4/c1-3-17-16(22)18-7-11-8-24-9-14-19-12-6-10(15(21)23-2)4-5-13(12)20(11)14/h4-6,11H,3,7-9H2,1-2H3,(H2,17,18,22)/t11-/m0/s1. The summed E-state index contributed by atoms with van der Waals surface area (Å²) in [5.41, 5.74) is 2.07. The second kappa shape index (κ2) is 6.88. The summed E-state index contributed by atoms with van der Waals surface area (Å²) in [6, 6.07) is 5.02. The number of nitrogens with zero attached hydrogens (tertiary/aromatic N) is 2. The number of nitrogens with one attached hydrogen (secondary N) is 2. The van der Waals surface area contributed by atoms with E-state index in [0.29, 0.717) is 37.4 Å². The number of hydrogen-bond acceptors (Lipinski definition) is 5. The number of fused-ring (bicyclic) bond motifs is 3. The second-order valence-electron chi connectivity index (χ2n) is 5.50. The Bertz CT molecular complexity index is 771. The Morgan fingerprint density at radius 2 is 2.25 bits per heavy atom. The van der Waals surface area contributed by atoms with Crippen molar-refractivity contribution >= 4 is 23.0 Å². The van der Waals surface area contributed by atoms with E-state index in [-0.39, 0.29) is 12.1 Å². The van der Waals surface area contributed by atoms with Crippen molar-refractivity contribution < 1.29 is 19.1 Å². The smallest absolute Gasteiger partial charge is 0.337 e. The first kappa shape index (κ1) is 16.3. The predicted molar refractivity (Wildman–Crippen MR) is 86.8 cm³/mol. The molecule has 24 heavy (non-hydrogen) atoms. The third-order valence-corrected chi connectivity index (χ3v) is 3.93. The number of aromatic nitrogens is 2. The van der Waals surface area contributed by atoms with Gasteiger partial charge in [-0.05, 0) is 25.1 Å². The average molecular weight is 332 g/mol. The molecule has 128 valence electrons. The first-order chi connectivity index (χ1) is 11.6. The summed E-state index contributed by atoms with van der Waals surface area (Å²) in [5.74, 6) is 0.384. The fraction of sp³-hybridized carbons (Fsp3) is 0.438. The van der Waals surface area contributed by atoms with Gasteiger partial charge in [-0.3, -0.25) is 0 Å². The van der Waals surface area contributed by atoms with Gasteiger partial charge < -0.3 is 24.7 Å². The fourth-order valence-corrected chi connectivity index (χ4v) is 2.85. The molecule has 3 rings (SSSR count). The molecular weight excluding hydrogens is 312 g/mol. The molecule has 2 heterocycles. The topological polar surface area (TPSA) is 94.5 Å². The highest BCUT2D eigenvalue weighted by molar-refractivity contribution is 5.93. The van der Waals surface area contributed by atoms with Crippen LogP contribution >= 0.6 is 0 Å². The van der Waals surface area contributed by atoms with E-state index in [9.17, 15) is 9.59 Å². The number of esters is 1. The van der Waals surface area contributed by atoms with Crippen LogP contribution in [0.3, 0.4) is 0 Å². The number of urea groups is 1. The van der Waals surface area contributed by atoms with Crippen LogP contribution in [0, 0.1) is 0 Å². The number of hydrogen-bond donors (Lipinski definition) is 2. The van der Waals surface area contributed by atoms with E-state index in [2.05, 4.69) is 20.2 Å². The van der Waals surface area contributed by atoms with Crippen LogP contribution < -0.4 is 10.6 Å². The van der Waals surface area contributed by atoms with Gasteiger partial charge in [-0.15, -0.1) is 0 Å². The summed E-state index contributed by atoms with van der Waals surface area (Å²) in [4.78, 5) is 27.8. The molecule has 2 amide bonds. The lowest BCUT2D eigenvalue weighted by Crippen LogP contribution is -2.40. The summed E-state index contributed by atoms with van der Waals surface area (Å²) in [6.45, 7) is 3.76. The maximum Gasteiger partial charge on any atom is 0.337 e. The van der Waals surface area contributed by atoms with E-state index in [1.165, 1.54) is 7.11 Å². The average Bonchev–Trinajstić information content (AvgIpc) is 2.97. The second-order valence-corrected chi connectivity index (χ2v) is 5.50. The van der Waals surface area contributed by atoms with Gasteiger partial charge in [0, 0.05) is 13.1 Å².